The van der Waals surface area contributed by atoms with Crippen molar-refractivity contribution in [1.29, 1.82) is 0 Å². The van der Waals surface area contributed by atoms with Gasteiger partial charge in [-0.3, -0.25) is 0 Å². The molecule has 0 bridgehead atoms. The second kappa shape index (κ2) is 17.4. The lowest BCUT2D eigenvalue weighted by atomic mass is 9.99. The molecule has 4 nitrogen and oxygen atoms in total. The van der Waals surface area contributed by atoms with Gasteiger partial charge in [0.2, 0.25) is 0 Å². The predicted molar refractivity (Wildman–Crippen MR) is 150 cm³/mol. The van der Waals surface area contributed by atoms with E-state index in [0.29, 0.717) is 19.6 Å². The summed E-state index contributed by atoms with van der Waals surface area (Å²) in [6, 6.07) is 41.3. The molecular formula is C30H37ClN4. The first-order valence-electron chi connectivity index (χ1n) is 11.9. The Balaban J connectivity index is 0.000000217. The summed E-state index contributed by atoms with van der Waals surface area (Å²) in [5.74, 6) is 0. The normalized spacial score (nSPS) is 10.2. The van der Waals surface area contributed by atoms with Gasteiger partial charge in [0.15, 0.2) is 0 Å². The fourth-order valence-corrected chi connectivity index (χ4v) is 3.67. The molecule has 4 aromatic carbocycles. The molecule has 0 fully saturated rings. The van der Waals surface area contributed by atoms with Crippen molar-refractivity contribution in [3.05, 3.63) is 144 Å². The van der Waals surface area contributed by atoms with Gasteiger partial charge in [-0.05, 0) is 22.3 Å². The van der Waals surface area contributed by atoms with E-state index in [1.165, 1.54) is 11.1 Å². The third-order valence-electron chi connectivity index (χ3n) is 5.11. The van der Waals surface area contributed by atoms with E-state index in [-0.39, 0.29) is 11.4 Å². The summed E-state index contributed by atoms with van der Waals surface area (Å²) in [7, 11) is 0. The van der Waals surface area contributed by atoms with Gasteiger partial charge in [0, 0.05) is 26.2 Å². The summed E-state index contributed by atoms with van der Waals surface area (Å²) >= 11 is 6.33. The van der Waals surface area contributed by atoms with E-state index in [9.17, 15) is 0 Å². The third-order valence-corrected chi connectivity index (χ3v) is 5.61. The molecule has 4 aromatic rings. The zero-order chi connectivity index (χ0) is 25.1. The van der Waals surface area contributed by atoms with E-state index in [4.69, 9.17) is 28.8 Å². The van der Waals surface area contributed by atoms with Gasteiger partial charge in [-0.25, -0.2) is 0 Å². The van der Waals surface area contributed by atoms with Crippen molar-refractivity contribution in [1.82, 2.24) is 5.32 Å². The van der Waals surface area contributed by atoms with Crippen LogP contribution in [0, 0.1) is 0 Å². The molecule has 35 heavy (non-hydrogen) atoms. The molecule has 184 valence electrons. The minimum absolute atomic E-state index is 0.0441. The molecule has 0 saturated heterocycles. The second-order valence-corrected chi connectivity index (χ2v) is 8.19. The topological polar surface area (TPSA) is 90.1 Å². The van der Waals surface area contributed by atoms with Gasteiger partial charge in [-0.2, -0.15) is 0 Å². The quantitative estimate of drug-likeness (QED) is 0.255. The van der Waals surface area contributed by atoms with Crippen molar-refractivity contribution in [3.8, 4) is 0 Å². The van der Waals surface area contributed by atoms with Crippen LogP contribution in [0.25, 0.3) is 0 Å². The molecule has 0 aromatic heterocycles. The van der Waals surface area contributed by atoms with E-state index < -0.39 is 0 Å². The molecule has 0 aliphatic rings. The molecule has 0 spiro atoms. The smallest absolute Gasteiger partial charge is 0.0835 e. The Bertz CT molecular complexity index is 934. The highest BCUT2D eigenvalue weighted by molar-refractivity contribution is 6.22. The summed E-state index contributed by atoms with van der Waals surface area (Å²) in [5, 5.41) is 3.43. The Hall–Kier alpha value is -2.99. The molecule has 0 unspecified atom stereocenters. The van der Waals surface area contributed by atoms with Crippen molar-refractivity contribution < 1.29 is 0 Å². The first kappa shape index (κ1) is 28.2. The van der Waals surface area contributed by atoms with Crippen LogP contribution < -0.4 is 22.5 Å². The van der Waals surface area contributed by atoms with Crippen LogP contribution in [0.2, 0.25) is 0 Å². The number of halogens is 1. The molecule has 0 atom stereocenters. The fourth-order valence-electron chi connectivity index (χ4n) is 3.38. The number of alkyl halides is 1. The number of rotatable bonds is 8. The van der Waals surface area contributed by atoms with Gasteiger partial charge in [-0.1, -0.05) is 121 Å². The van der Waals surface area contributed by atoms with E-state index in [1.54, 1.807) is 0 Å². The maximum Gasteiger partial charge on any atom is 0.0835 e. The minimum atomic E-state index is -0.0441. The van der Waals surface area contributed by atoms with E-state index in [2.05, 4.69) is 53.8 Å². The summed E-state index contributed by atoms with van der Waals surface area (Å²) in [6.45, 7) is 2.66. The first-order valence-corrected chi connectivity index (χ1v) is 12.3. The Kier molecular flexibility index (Phi) is 14.1. The molecule has 0 radical (unpaired) electrons. The highest BCUT2D eigenvalue weighted by Crippen LogP contribution is 2.27. The van der Waals surface area contributed by atoms with E-state index in [0.717, 1.165) is 17.7 Å². The van der Waals surface area contributed by atoms with Crippen LogP contribution in [-0.2, 0) is 0 Å². The summed E-state index contributed by atoms with van der Waals surface area (Å²) in [6.07, 6.45) is 0. The third kappa shape index (κ3) is 10.4. The lowest BCUT2D eigenvalue weighted by Crippen LogP contribution is -2.27. The highest BCUT2D eigenvalue weighted by Gasteiger charge is 2.11. The molecule has 4 rings (SSSR count). The lowest BCUT2D eigenvalue weighted by Gasteiger charge is -2.19. The van der Waals surface area contributed by atoms with Crippen LogP contribution in [0.4, 0.5) is 0 Å². The first-order chi connectivity index (χ1) is 17.2. The molecule has 5 heteroatoms. The minimum Gasteiger partial charge on any atom is -0.329 e. The van der Waals surface area contributed by atoms with E-state index in [1.807, 2.05) is 72.8 Å². The monoisotopic (exact) mass is 488 g/mol. The SMILES string of the molecule is ClC(c1ccccc1)c1ccccc1.NCCN.NCCNC(c1ccccc1)c1ccccc1. The maximum atomic E-state index is 6.33. The largest absolute Gasteiger partial charge is 0.329 e. The van der Waals surface area contributed by atoms with Crippen LogP contribution in [0.3, 0.4) is 0 Å². The van der Waals surface area contributed by atoms with Crippen molar-refractivity contribution in [3.63, 3.8) is 0 Å². The summed E-state index contributed by atoms with van der Waals surface area (Å²) in [4.78, 5) is 0. The average Bonchev–Trinajstić information content (AvgIpc) is 2.95. The Morgan fingerprint density at radius 1 is 0.486 bits per heavy atom. The van der Waals surface area contributed by atoms with Crippen LogP contribution in [0.5, 0.6) is 0 Å². The molecule has 0 aliphatic heterocycles. The Morgan fingerprint density at radius 3 is 1.09 bits per heavy atom. The standard InChI is InChI=1S/C15H18N2.C13H11Cl.C2H8N2/c16-11-12-17-15(13-7-3-1-4-8-13)14-9-5-2-6-10-14;14-13(11-7-3-1-4-8-11)12-9-5-2-6-10-12;3-1-2-4/h1-10,15,17H,11-12,16H2;1-10,13H;1-4H2. The van der Waals surface area contributed by atoms with Gasteiger partial charge in [0.25, 0.3) is 0 Å². The summed E-state index contributed by atoms with van der Waals surface area (Å²) in [5.41, 5.74) is 20.2. The van der Waals surface area contributed by atoms with Gasteiger partial charge < -0.3 is 22.5 Å². The van der Waals surface area contributed by atoms with Crippen molar-refractivity contribution in [2.45, 2.75) is 11.4 Å². The maximum absolute atomic E-state index is 6.33. The van der Waals surface area contributed by atoms with Gasteiger partial charge in [-0.15, -0.1) is 11.6 Å². The second-order valence-electron chi connectivity index (χ2n) is 7.76. The lowest BCUT2D eigenvalue weighted by molar-refractivity contribution is 0.612. The molecule has 0 aliphatic carbocycles. The average molecular weight is 489 g/mol. The van der Waals surface area contributed by atoms with Crippen LogP contribution in [0.15, 0.2) is 121 Å². The molecule has 0 saturated carbocycles. The number of nitrogens with one attached hydrogen (secondary N) is 1. The highest BCUT2D eigenvalue weighted by atomic mass is 35.5. The molecule has 7 N–H and O–H groups in total. The predicted octanol–water partition coefficient (Wildman–Crippen LogP) is 5.24. The molecular weight excluding hydrogens is 452 g/mol. The van der Waals surface area contributed by atoms with Gasteiger partial charge >= 0.3 is 0 Å². The molecule has 0 heterocycles. The van der Waals surface area contributed by atoms with Crippen LogP contribution in [0.1, 0.15) is 33.7 Å². The number of benzene rings is 4. The van der Waals surface area contributed by atoms with Gasteiger partial charge in [0.1, 0.15) is 0 Å². The Labute approximate surface area is 215 Å². The van der Waals surface area contributed by atoms with Crippen molar-refractivity contribution in [2.75, 3.05) is 26.2 Å². The zero-order valence-corrected chi connectivity index (χ0v) is 20.9. The Morgan fingerprint density at radius 2 is 0.800 bits per heavy atom. The number of nitrogens with two attached hydrogens (primary N) is 3. The number of hydrogen-bond acceptors (Lipinski definition) is 4. The van der Waals surface area contributed by atoms with Crippen molar-refractivity contribution in [2.24, 2.45) is 17.2 Å². The van der Waals surface area contributed by atoms with Gasteiger partial charge in [0.05, 0.1) is 11.4 Å². The zero-order valence-electron chi connectivity index (χ0n) is 20.1. The van der Waals surface area contributed by atoms with Crippen molar-refractivity contribution >= 4 is 11.6 Å². The summed E-state index contributed by atoms with van der Waals surface area (Å²) < 4.78 is 0. The van der Waals surface area contributed by atoms with Crippen LogP contribution in [-0.4, -0.2) is 26.2 Å². The fraction of sp³-hybridized carbons (Fsp3) is 0.200. The molecule has 0 amide bonds. The van der Waals surface area contributed by atoms with E-state index >= 15 is 0 Å². The number of hydrogen-bond donors (Lipinski definition) is 4. The van der Waals surface area contributed by atoms with Crippen LogP contribution >= 0.6 is 11.6 Å².